The van der Waals surface area contributed by atoms with Crippen LogP contribution in [0, 0.1) is 0 Å². The number of carbonyl (C=O) groups is 1. The number of hydrogen-bond donors (Lipinski definition) is 1. The monoisotopic (exact) mass is 546 g/mol. The van der Waals surface area contributed by atoms with E-state index in [1.165, 1.54) is 25.7 Å². The second kappa shape index (κ2) is 11.7. The van der Waals surface area contributed by atoms with Gasteiger partial charge in [0.05, 0.1) is 5.56 Å². The van der Waals surface area contributed by atoms with E-state index >= 15 is 0 Å². The zero-order valence-corrected chi connectivity index (χ0v) is 24.0. The summed E-state index contributed by atoms with van der Waals surface area (Å²) in [4.78, 5) is 15.8. The van der Waals surface area contributed by atoms with Crippen LogP contribution in [0.25, 0.3) is 0 Å². The van der Waals surface area contributed by atoms with Crippen LogP contribution in [0.15, 0.2) is 91.0 Å². The molecule has 0 amide bonds. The Bertz CT molecular complexity index is 1520. The fourth-order valence-electron chi connectivity index (χ4n) is 6.10. The first-order valence-corrected chi connectivity index (χ1v) is 15.0. The number of esters is 1. The summed E-state index contributed by atoms with van der Waals surface area (Å²) in [5.41, 5.74) is 5.06. The van der Waals surface area contributed by atoms with E-state index in [0.717, 1.165) is 65.4 Å². The lowest BCUT2D eigenvalue weighted by molar-refractivity contribution is 0.0224. The van der Waals surface area contributed by atoms with Crippen molar-refractivity contribution in [2.75, 3.05) is 23.3 Å². The molecule has 2 heterocycles. The molecule has 5 heteroatoms. The van der Waals surface area contributed by atoms with Gasteiger partial charge < -0.3 is 19.7 Å². The van der Waals surface area contributed by atoms with Crippen molar-refractivity contribution in [1.82, 2.24) is 0 Å². The molecule has 5 nitrogen and oxygen atoms in total. The zero-order chi connectivity index (χ0) is 28.2. The third kappa shape index (κ3) is 5.06. The summed E-state index contributed by atoms with van der Waals surface area (Å²) in [5.74, 6) is 1.12. The summed E-state index contributed by atoms with van der Waals surface area (Å²) >= 11 is 0. The number of unbranched alkanes of at least 4 members (excludes halogenated alkanes) is 4. The fraction of sp³-hybridized carbons (Fsp3) is 0.306. The second-order valence-electron chi connectivity index (χ2n) is 11.0. The molecular weight excluding hydrogens is 508 g/mol. The molecule has 4 aromatic carbocycles. The Morgan fingerprint density at radius 1 is 0.683 bits per heavy atom. The summed E-state index contributed by atoms with van der Waals surface area (Å²) in [7, 11) is 0. The molecule has 210 valence electrons. The number of nitrogens with zero attached hydrogens (tertiary/aromatic N) is 1. The van der Waals surface area contributed by atoms with E-state index in [4.69, 9.17) is 9.47 Å². The van der Waals surface area contributed by atoms with Gasteiger partial charge in [0, 0.05) is 52.9 Å². The number of rotatable bonds is 11. The standard InChI is InChI=1S/C36H38N2O3/c1-3-5-12-22-38(23-13-6-4-2)28-19-20-31-34(25-28)40-33-21-18-27(37-26-14-8-7-9-15-26)24-32(33)36(31)30-17-11-10-16-29(30)35(39)41-36/h7-11,14-21,24-25,37H,3-6,12-13,22-23H2,1-2H3. The minimum atomic E-state index is -1.08. The fourth-order valence-corrected chi connectivity index (χ4v) is 6.10. The maximum atomic E-state index is 13.3. The minimum Gasteiger partial charge on any atom is -0.456 e. The van der Waals surface area contributed by atoms with Crippen molar-refractivity contribution in [3.05, 3.63) is 113 Å². The maximum Gasteiger partial charge on any atom is 0.340 e. The van der Waals surface area contributed by atoms with E-state index in [-0.39, 0.29) is 5.97 Å². The van der Waals surface area contributed by atoms with Gasteiger partial charge in [0.2, 0.25) is 0 Å². The van der Waals surface area contributed by atoms with Crippen molar-refractivity contribution in [1.29, 1.82) is 0 Å². The number of anilines is 3. The molecule has 0 aliphatic carbocycles. The van der Waals surface area contributed by atoms with Crippen LogP contribution in [-0.4, -0.2) is 19.1 Å². The molecule has 1 unspecified atom stereocenters. The van der Waals surface area contributed by atoms with Crippen LogP contribution < -0.4 is 15.0 Å². The van der Waals surface area contributed by atoms with Crippen molar-refractivity contribution in [2.24, 2.45) is 0 Å². The third-order valence-electron chi connectivity index (χ3n) is 8.19. The number of ether oxygens (including phenoxy) is 2. The molecule has 6 rings (SSSR count). The van der Waals surface area contributed by atoms with E-state index in [9.17, 15) is 4.79 Å². The van der Waals surface area contributed by atoms with E-state index in [1.54, 1.807) is 0 Å². The molecule has 4 aromatic rings. The molecule has 0 saturated carbocycles. The van der Waals surface area contributed by atoms with Gasteiger partial charge in [-0.2, -0.15) is 0 Å². The maximum absolute atomic E-state index is 13.3. The number of carbonyl (C=O) groups excluding carboxylic acids is 1. The summed E-state index contributed by atoms with van der Waals surface area (Å²) in [6.07, 6.45) is 7.15. The SMILES string of the molecule is CCCCCN(CCCCC)c1ccc2c(c1)Oc1ccc(Nc3ccccc3)cc1C21OC(=O)c2ccccc21. The minimum absolute atomic E-state index is 0.314. The molecule has 41 heavy (non-hydrogen) atoms. The topological polar surface area (TPSA) is 50.8 Å². The lowest BCUT2D eigenvalue weighted by Gasteiger charge is -2.37. The number of para-hydroxylation sites is 1. The first kappa shape index (κ1) is 26.9. The van der Waals surface area contributed by atoms with Crippen molar-refractivity contribution in [3.8, 4) is 11.5 Å². The van der Waals surface area contributed by atoms with E-state index in [0.29, 0.717) is 11.3 Å². The number of nitrogens with one attached hydrogen (secondary N) is 1. The highest BCUT2D eigenvalue weighted by atomic mass is 16.6. The van der Waals surface area contributed by atoms with Gasteiger partial charge in [-0.25, -0.2) is 4.79 Å². The highest BCUT2D eigenvalue weighted by Gasteiger charge is 2.53. The van der Waals surface area contributed by atoms with Gasteiger partial charge in [0.1, 0.15) is 11.5 Å². The van der Waals surface area contributed by atoms with Crippen LogP contribution in [0.4, 0.5) is 17.1 Å². The first-order chi connectivity index (χ1) is 20.1. The van der Waals surface area contributed by atoms with Gasteiger partial charge in [-0.05, 0) is 61.4 Å². The Morgan fingerprint density at radius 3 is 2.17 bits per heavy atom. The summed E-state index contributed by atoms with van der Waals surface area (Å²) in [6, 6.07) is 30.2. The average molecular weight is 547 g/mol. The Hall–Kier alpha value is -4.25. The van der Waals surface area contributed by atoms with E-state index in [2.05, 4.69) is 48.3 Å². The lowest BCUT2D eigenvalue weighted by atomic mass is 9.77. The number of fused-ring (bicyclic) bond motifs is 6. The van der Waals surface area contributed by atoms with Gasteiger partial charge in [0.25, 0.3) is 0 Å². The molecule has 2 aliphatic rings. The number of hydrogen-bond acceptors (Lipinski definition) is 5. The molecule has 1 spiro atoms. The molecule has 1 atom stereocenters. The smallest absolute Gasteiger partial charge is 0.340 e. The largest absolute Gasteiger partial charge is 0.456 e. The average Bonchev–Trinajstić information content (AvgIpc) is 3.30. The van der Waals surface area contributed by atoms with Gasteiger partial charge >= 0.3 is 5.97 Å². The quantitative estimate of drug-likeness (QED) is 0.150. The molecule has 0 aromatic heterocycles. The molecule has 2 aliphatic heterocycles. The summed E-state index contributed by atoms with van der Waals surface area (Å²) < 4.78 is 13.0. The van der Waals surface area contributed by atoms with Crippen LogP contribution in [0.1, 0.15) is 79.4 Å². The number of benzene rings is 4. The molecule has 0 saturated heterocycles. The summed E-state index contributed by atoms with van der Waals surface area (Å²) in [5, 5.41) is 3.49. The Balaban J connectivity index is 1.45. The molecule has 1 N–H and O–H groups in total. The van der Waals surface area contributed by atoms with Crippen molar-refractivity contribution in [2.45, 2.75) is 58.0 Å². The van der Waals surface area contributed by atoms with Gasteiger partial charge in [-0.3, -0.25) is 0 Å². The van der Waals surface area contributed by atoms with Crippen LogP contribution in [-0.2, 0) is 10.3 Å². The first-order valence-electron chi connectivity index (χ1n) is 15.0. The van der Waals surface area contributed by atoms with E-state index in [1.807, 2.05) is 66.7 Å². The second-order valence-corrected chi connectivity index (χ2v) is 11.0. The van der Waals surface area contributed by atoms with Gasteiger partial charge in [-0.1, -0.05) is 75.9 Å². The van der Waals surface area contributed by atoms with Gasteiger partial charge in [-0.15, -0.1) is 0 Å². The van der Waals surface area contributed by atoms with Crippen LogP contribution in [0.3, 0.4) is 0 Å². The third-order valence-corrected chi connectivity index (χ3v) is 8.19. The molecule has 0 fully saturated rings. The van der Waals surface area contributed by atoms with Crippen molar-refractivity contribution >= 4 is 23.0 Å². The van der Waals surface area contributed by atoms with Crippen molar-refractivity contribution < 1.29 is 14.3 Å². The van der Waals surface area contributed by atoms with Crippen LogP contribution in [0.2, 0.25) is 0 Å². The molecule has 0 bridgehead atoms. The van der Waals surface area contributed by atoms with Crippen molar-refractivity contribution in [3.63, 3.8) is 0 Å². The lowest BCUT2D eigenvalue weighted by Crippen LogP contribution is -2.33. The predicted octanol–water partition coefficient (Wildman–Crippen LogP) is 9.19. The summed E-state index contributed by atoms with van der Waals surface area (Å²) in [6.45, 7) is 6.52. The van der Waals surface area contributed by atoms with Crippen LogP contribution >= 0.6 is 0 Å². The normalized spacial score (nSPS) is 16.4. The highest BCUT2D eigenvalue weighted by Crippen LogP contribution is 2.57. The highest BCUT2D eigenvalue weighted by molar-refractivity contribution is 5.97. The molecule has 0 radical (unpaired) electrons. The Morgan fingerprint density at radius 2 is 1.41 bits per heavy atom. The van der Waals surface area contributed by atoms with Gasteiger partial charge in [0.15, 0.2) is 5.60 Å². The predicted molar refractivity (Wildman–Crippen MR) is 166 cm³/mol. The Labute approximate surface area is 243 Å². The zero-order valence-electron chi connectivity index (χ0n) is 24.0. The van der Waals surface area contributed by atoms with Crippen LogP contribution in [0.5, 0.6) is 11.5 Å². The Kier molecular flexibility index (Phi) is 7.69. The molecular formula is C36H38N2O3. The van der Waals surface area contributed by atoms with E-state index < -0.39 is 5.60 Å².